The summed E-state index contributed by atoms with van der Waals surface area (Å²) in [5.41, 5.74) is 3.23. The Kier molecular flexibility index (Phi) is 6.80. The lowest BCUT2D eigenvalue weighted by Gasteiger charge is -2.19. The molecule has 0 saturated carbocycles. The SMILES string of the molecule is C=CC(=O)C(C)(O)COC(=O)CN.N. The Morgan fingerprint density at radius 3 is 2.50 bits per heavy atom. The fourth-order valence-corrected chi connectivity index (χ4v) is 0.571. The normalized spacial score (nSPS) is 13.4. The highest BCUT2D eigenvalue weighted by atomic mass is 16.5. The van der Waals surface area contributed by atoms with Crippen molar-refractivity contribution in [3.05, 3.63) is 12.7 Å². The summed E-state index contributed by atoms with van der Waals surface area (Å²) < 4.78 is 4.50. The van der Waals surface area contributed by atoms with Crippen molar-refractivity contribution in [3.8, 4) is 0 Å². The fraction of sp³-hybridized carbons (Fsp3) is 0.500. The smallest absolute Gasteiger partial charge is 0.319 e. The molecular weight excluding hydrogens is 188 g/mol. The van der Waals surface area contributed by atoms with E-state index in [2.05, 4.69) is 11.3 Å². The molecule has 1 unspecified atom stereocenters. The Balaban J connectivity index is 0. The van der Waals surface area contributed by atoms with Gasteiger partial charge in [-0.15, -0.1) is 0 Å². The van der Waals surface area contributed by atoms with Gasteiger partial charge in [-0.05, 0) is 13.0 Å². The maximum absolute atomic E-state index is 10.9. The minimum Gasteiger partial charge on any atom is -0.461 e. The van der Waals surface area contributed by atoms with Gasteiger partial charge in [-0.2, -0.15) is 0 Å². The molecule has 0 rings (SSSR count). The number of ketones is 1. The van der Waals surface area contributed by atoms with E-state index in [9.17, 15) is 14.7 Å². The predicted molar refractivity (Wildman–Crippen MR) is 50.9 cm³/mol. The first kappa shape index (κ1) is 15.2. The average Bonchev–Trinajstić information content (AvgIpc) is 2.12. The van der Waals surface area contributed by atoms with Gasteiger partial charge < -0.3 is 21.7 Å². The molecule has 14 heavy (non-hydrogen) atoms. The van der Waals surface area contributed by atoms with Crippen molar-refractivity contribution in [2.45, 2.75) is 12.5 Å². The van der Waals surface area contributed by atoms with Crippen LogP contribution in [0.4, 0.5) is 0 Å². The van der Waals surface area contributed by atoms with Crippen LogP contribution in [-0.4, -0.2) is 35.6 Å². The zero-order valence-corrected chi connectivity index (χ0v) is 8.16. The Bertz CT molecular complexity index is 225. The van der Waals surface area contributed by atoms with Crippen LogP contribution in [0.2, 0.25) is 0 Å². The van der Waals surface area contributed by atoms with Crippen molar-refractivity contribution >= 4 is 11.8 Å². The highest BCUT2D eigenvalue weighted by molar-refractivity contribution is 5.96. The van der Waals surface area contributed by atoms with Gasteiger partial charge >= 0.3 is 5.97 Å². The largest absolute Gasteiger partial charge is 0.461 e. The van der Waals surface area contributed by atoms with Gasteiger partial charge in [0.05, 0.1) is 6.54 Å². The lowest BCUT2D eigenvalue weighted by molar-refractivity contribution is -0.152. The number of ether oxygens (including phenoxy) is 1. The molecule has 6 N–H and O–H groups in total. The fourth-order valence-electron chi connectivity index (χ4n) is 0.571. The van der Waals surface area contributed by atoms with E-state index in [1.165, 1.54) is 6.92 Å². The van der Waals surface area contributed by atoms with Crippen molar-refractivity contribution in [2.75, 3.05) is 13.2 Å². The summed E-state index contributed by atoms with van der Waals surface area (Å²) in [6.07, 6.45) is 0.969. The number of carbonyl (C=O) groups excluding carboxylic acids is 2. The van der Waals surface area contributed by atoms with Gasteiger partial charge in [0.15, 0.2) is 11.4 Å². The van der Waals surface area contributed by atoms with Crippen LogP contribution in [0.3, 0.4) is 0 Å². The van der Waals surface area contributed by atoms with E-state index >= 15 is 0 Å². The van der Waals surface area contributed by atoms with Crippen molar-refractivity contribution in [3.63, 3.8) is 0 Å². The molecule has 0 radical (unpaired) electrons. The third kappa shape index (κ3) is 4.70. The molecule has 0 aromatic carbocycles. The van der Waals surface area contributed by atoms with E-state index in [0.717, 1.165) is 6.08 Å². The number of hydrogen-bond acceptors (Lipinski definition) is 6. The molecule has 0 fully saturated rings. The first-order valence-electron chi connectivity index (χ1n) is 3.69. The molecule has 0 aliphatic carbocycles. The minimum atomic E-state index is -1.72. The van der Waals surface area contributed by atoms with E-state index < -0.39 is 24.0 Å². The first-order chi connectivity index (χ1) is 5.94. The third-order valence-corrected chi connectivity index (χ3v) is 1.40. The maximum atomic E-state index is 10.9. The highest BCUT2D eigenvalue weighted by Crippen LogP contribution is 2.06. The average molecular weight is 204 g/mol. The second-order valence-corrected chi connectivity index (χ2v) is 2.71. The number of esters is 1. The number of rotatable bonds is 5. The van der Waals surface area contributed by atoms with Crippen LogP contribution < -0.4 is 11.9 Å². The standard InChI is InChI=1S/C8H13NO4.H3N/c1-3-6(10)8(2,12)5-13-7(11)4-9;/h3,12H,1,4-5,9H2,2H3;1H3. The molecule has 0 aromatic heterocycles. The molecule has 0 amide bonds. The number of aliphatic hydroxyl groups is 1. The topological polar surface area (TPSA) is 125 Å². The molecule has 6 nitrogen and oxygen atoms in total. The van der Waals surface area contributed by atoms with Gasteiger partial charge in [0.2, 0.25) is 0 Å². The lowest BCUT2D eigenvalue weighted by atomic mass is 10.0. The molecule has 0 aliphatic heterocycles. The summed E-state index contributed by atoms with van der Waals surface area (Å²) in [6.45, 7) is 3.75. The zero-order chi connectivity index (χ0) is 10.5. The number of hydrogen-bond donors (Lipinski definition) is 3. The van der Waals surface area contributed by atoms with Crippen LogP contribution in [0.5, 0.6) is 0 Å². The van der Waals surface area contributed by atoms with Crippen LogP contribution >= 0.6 is 0 Å². The zero-order valence-electron chi connectivity index (χ0n) is 8.16. The molecule has 82 valence electrons. The second-order valence-electron chi connectivity index (χ2n) is 2.71. The maximum Gasteiger partial charge on any atom is 0.319 e. The summed E-state index contributed by atoms with van der Waals surface area (Å²) in [5.74, 6) is -1.27. The van der Waals surface area contributed by atoms with Gasteiger partial charge in [-0.1, -0.05) is 6.58 Å². The number of carbonyl (C=O) groups is 2. The lowest BCUT2D eigenvalue weighted by Crippen LogP contribution is -2.40. The van der Waals surface area contributed by atoms with E-state index in [4.69, 9.17) is 5.73 Å². The number of nitrogens with two attached hydrogens (primary N) is 1. The van der Waals surface area contributed by atoms with Crippen molar-refractivity contribution in [2.24, 2.45) is 5.73 Å². The van der Waals surface area contributed by atoms with E-state index in [1.54, 1.807) is 0 Å². The first-order valence-corrected chi connectivity index (χ1v) is 3.69. The monoisotopic (exact) mass is 204 g/mol. The molecule has 0 heterocycles. The van der Waals surface area contributed by atoms with Crippen LogP contribution in [0.25, 0.3) is 0 Å². The minimum absolute atomic E-state index is 0. The Morgan fingerprint density at radius 1 is 1.64 bits per heavy atom. The van der Waals surface area contributed by atoms with Crippen LogP contribution in [-0.2, 0) is 14.3 Å². The summed E-state index contributed by atoms with van der Waals surface area (Å²) >= 11 is 0. The molecular formula is C8H16N2O4. The molecule has 1 atom stereocenters. The van der Waals surface area contributed by atoms with Crippen LogP contribution in [0.1, 0.15) is 6.92 Å². The van der Waals surface area contributed by atoms with Gasteiger partial charge in [0.25, 0.3) is 0 Å². The molecule has 0 aromatic rings. The van der Waals surface area contributed by atoms with Gasteiger partial charge in [-0.25, -0.2) is 0 Å². The van der Waals surface area contributed by atoms with Crippen molar-refractivity contribution < 1.29 is 19.4 Å². The van der Waals surface area contributed by atoms with Crippen molar-refractivity contribution in [1.29, 1.82) is 0 Å². The Labute approximate surface area is 82.3 Å². The molecule has 0 spiro atoms. The Morgan fingerprint density at radius 2 is 2.14 bits per heavy atom. The molecule has 0 saturated heterocycles. The molecule has 6 heteroatoms. The summed E-state index contributed by atoms with van der Waals surface area (Å²) in [4.78, 5) is 21.5. The van der Waals surface area contributed by atoms with Crippen LogP contribution in [0, 0.1) is 0 Å². The highest BCUT2D eigenvalue weighted by Gasteiger charge is 2.29. The van der Waals surface area contributed by atoms with Crippen LogP contribution in [0.15, 0.2) is 12.7 Å². The van der Waals surface area contributed by atoms with Crippen molar-refractivity contribution in [1.82, 2.24) is 6.15 Å². The Hall–Kier alpha value is -1.24. The van der Waals surface area contributed by atoms with E-state index in [0.29, 0.717) is 0 Å². The predicted octanol–water partition coefficient (Wildman–Crippen LogP) is -0.844. The van der Waals surface area contributed by atoms with Gasteiger partial charge in [-0.3, -0.25) is 9.59 Å². The van der Waals surface area contributed by atoms with Gasteiger partial charge in [0.1, 0.15) is 6.61 Å². The summed E-state index contributed by atoms with van der Waals surface area (Å²) in [7, 11) is 0. The molecule has 0 aliphatic rings. The summed E-state index contributed by atoms with van der Waals surface area (Å²) in [5, 5.41) is 9.39. The summed E-state index contributed by atoms with van der Waals surface area (Å²) in [6, 6.07) is 0. The second kappa shape index (κ2) is 6.25. The quantitative estimate of drug-likeness (QED) is 0.396. The van der Waals surface area contributed by atoms with Gasteiger partial charge in [0, 0.05) is 0 Å². The third-order valence-electron chi connectivity index (χ3n) is 1.40. The van der Waals surface area contributed by atoms with E-state index in [1.807, 2.05) is 0 Å². The van der Waals surface area contributed by atoms with E-state index in [-0.39, 0.29) is 12.7 Å². The molecule has 0 bridgehead atoms.